The van der Waals surface area contributed by atoms with E-state index in [1.54, 1.807) is 22.2 Å². The predicted octanol–water partition coefficient (Wildman–Crippen LogP) is 2.90. The smallest absolute Gasteiger partial charge is 0.251 e. The first kappa shape index (κ1) is 12.8. The fourth-order valence-electron chi connectivity index (χ4n) is 2.09. The van der Waals surface area contributed by atoms with Gasteiger partial charge in [0.25, 0.3) is 5.95 Å². The summed E-state index contributed by atoms with van der Waals surface area (Å²) in [5, 5.41) is 6.58. The van der Waals surface area contributed by atoms with Gasteiger partial charge in [-0.25, -0.2) is 14.6 Å². The van der Waals surface area contributed by atoms with Gasteiger partial charge in [-0.1, -0.05) is 0 Å². The molecule has 0 bridgehead atoms. The summed E-state index contributed by atoms with van der Waals surface area (Å²) in [5.41, 5.74) is 10.5. The summed E-state index contributed by atoms with van der Waals surface area (Å²) in [4.78, 5) is 9.89. The summed E-state index contributed by atoms with van der Waals surface area (Å²) in [6.45, 7) is 5.93. The van der Waals surface area contributed by atoms with E-state index >= 15 is 0 Å². The van der Waals surface area contributed by atoms with Crippen LogP contribution in [0.25, 0.3) is 16.5 Å². The molecule has 0 aliphatic heterocycles. The van der Waals surface area contributed by atoms with Crippen LogP contribution in [0.3, 0.4) is 0 Å². The molecule has 102 valence electrons. The maximum atomic E-state index is 6.08. The lowest BCUT2D eigenvalue weighted by Gasteiger charge is -2.02. The molecule has 0 amide bonds. The molecular formula is C14H15N5S. The zero-order chi connectivity index (χ0) is 14.3. The molecule has 0 aromatic carbocycles. The van der Waals surface area contributed by atoms with Gasteiger partial charge < -0.3 is 5.73 Å². The second-order valence-electron chi connectivity index (χ2n) is 4.76. The van der Waals surface area contributed by atoms with Crippen LogP contribution in [0.4, 0.5) is 5.69 Å². The number of nitrogens with two attached hydrogens (primary N) is 1. The van der Waals surface area contributed by atoms with Crippen molar-refractivity contribution in [3.8, 4) is 16.5 Å². The number of rotatable bonds is 2. The Morgan fingerprint density at radius 2 is 1.85 bits per heavy atom. The van der Waals surface area contributed by atoms with Gasteiger partial charge in [-0.2, -0.15) is 5.10 Å². The van der Waals surface area contributed by atoms with Gasteiger partial charge in [-0.15, -0.1) is 11.3 Å². The van der Waals surface area contributed by atoms with Crippen molar-refractivity contribution in [1.82, 2.24) is 19.7 Å². The SMILES string of the molecule is Cc1cc(C)nc(-n2cc(N)c(-c3sccc3C)n2)n1. The highest BCUT2D eigenvalue weighted by molar-refractivity contribution is 7.13. The van der Waals surface area contributed by atoms with Crippen LogP contribution in [-0.4, -0.2) is 19.7 Å². The number of thiophene rings is 1. The summed E-state index contributed by atoms with van der Waals surface area (Å²) in [6, 6.07) is 3.99. The highest BCUT2D eigenvalue weighted by Gasteiger charge is 2.14. The van der Waals surface area contributed by atoms with Crippen LogP contribution < -0.4 is 5.73 Å². The van der Waals surface area contributed by atoms with Crippen LogP contribution in [0, 0.1) is 20.8 Å². The maximum absolute atomic E-state index is 6.08. The molecule has 3 rings (SSSR count). The molecule has 0 unspecified atom stereocenters. The maximum Gasteiger partial charge on any atom is 0.251 e. The van der Waals surface area contributed by atoms with Crippen LogP contribution in [0.15, 0.2) is 23.7 Å². The minimum Gasteiger partial charge on any atom is -0.396 e. The van der Waals surface area contributed by atoms with Crippen molar-refractivity contribution >= 4 is 17.0 Å². The van der Waals surface area contributed by atoms with Gasteiger partial charge in [0.1, 0.15) is 5.69 Å². The van der Waals surface area contributed by atoms with Gasteiger partial charge in [0, 0.05) is 11.4 Å². The van der Waals surface area contributed by atoms with Crippen molar-refractivity contribution in [3.05, 3.63) is 40.7 Å². The van der Waals surface area contributed by atoms with Crippen LogP contribution in [0.5, 0.6) is 0 Å². The third-order valence-electron chi connectivity index (χ3n) is 3.00. The van der Waals surface area contributed by atoms with Gasteiger partial charge in [0.2, 0.25) is 0 Å². The summed E-state index contributed by atoms with van der Waals surface area (Å²) in [7, 11) is 0. The Morgan fingerprint density at radius 3 is 2.45 bits per heavy atom. The van der Waals surface area contributed by atoms with Crippen molar-refractivity contribution in [2.24, 2.45) is 0 Å². The summed E-state index contributed by atoms with van der Waals surface area (Å²) in [6.07, 6.45) is 1.77. The molecule has 0 saturated heterocycles. The van der Waals surface area contributed by atoms with E-state index in [9.17, 15) is 0 Å². The average molecular weight is 285 g/mol. The number of aryl methyl sites for hydroxylation is 3. The molecule has 0 radical (unpaired) electrons. The summed E-state index contributed by atoms with van der Waals surface area (Å²) < 4.78 is 1.64. The zero-order valence-corrected chi connectivity index (χ0v) is 12.4. The average Bonchev–Trinajstić information content (AvgIpc) is 2.94. The Hall–Kier alpha value is -2.21. The van der Waals surface area contributed by atoms with Crippen molar-refractivity contribution < 1.29 is 0 Å². The van der Waals surface area contributed by atoms with E-state index in [0.717, 1.165) is 22.0 Å². The molecule has 3 aromatic rings. The number of aromatic nitrogens is 4. The second kappa shape index (κ2) is 4.72. The van der Waals surface area contributed by atoms with E-state index in [2.05, 4.69) is 28.1 Å². The Balaban J connectivity index is 2.11. The van der Waals surface area contributed by atoms with Gasteiger partial charge in [-0.05, 0) is 43.8 Å². The summed E-state index contributed by atoms with van der Waals surface area (Å²) >= 11 is 1.63. The number of nitrogens with zero attached hydrogens (tertiary/aromatic N) is 4. The van der Waals surface area contributed by atoms with Crippen LogP contribution in [0.1, 0.15) is 17.0 Å². The first-order valence-corrected chi connectivity index (χ1v) is 7.15. The van der Waals surface area contributed by atoms with Crippen molar-refractivity contribution in [2.45, 2.75) is 20.8 Å². The van der Waals surface area contributed by atoms with E-state index in [1.165, 1.54) is 5.56 Å². The number of anilines is 1. The monoisotopic (exact) mass is 285 g/mol. The molecule has 0 fully saturated rings. The Kier molecular flexibility index (Phi) is 3.02. The predicted molar refractivity (Wildman–Crippen MR) is 81.1 cm³/mol. The first-order valence-electron chi connectivity index (χ1n) is 6.27. The van der Waals surface area contributed by atoms with Crippen LogP contribution >= 0.6 is 11.3 Å². The minimum atomic E-state index is 0.551. The van der Waals surface area contributed by atoms with Crippen LogP contribution in [0.2, 0.25) is 0 Å². The van der Waals surface area contributed by atoms with Gasteiger partial charge >= 0.3 is 0 Å². The van der Waals surface area contributed by atoms with E-state index in [4.69, 9.17) is 5.73 Å². The van der Waals surface area contributed by atoms with E-state index in [-0.39, 0.29) is 0 Å². The highest BCUT2D eigenvalue weighted by Crippen LogP contribution is 2.32. The number of hydrogen-bond acceptors (Lipinski definition) is 5. The topological polar surface area (TPSA) is 69.6 Å². The molecule has 0 aliphatic rings. The minimum absolute atomic E-state index is 0.551. The van der Waals surface area contributed by atoms with Crippen molar-refractivity contribution in [2.75, 3.05) is 5.73 Å². The molecule has 3 aromatic heterocycles. The lowest BCUT2D eigenvalue weighted by Crippen LogP contribution is -2.04. The molecule has 3 heterocycles. The fourth-order valence-corrected chi connectivity index (χ4v) is 3.02. The molecule has 0 aliphatic carbocycles. The first-order chi connectivity index (χ1) is 9.54. The molecule has 0 atom stereocenters. The van der Waals surface area contributed by atoms with E-state index < -0.39 is 0 Å². The normalized spacial score (nSPS) is 10.9. The highest BCUT2D eigenvalue weighted by atomic mass is 32.1. The third-order valence-corrected chi connectivity index (χ3v) is 4.02. The second-order valence-corrected chi connectivity index (χ2v) is 5.68. The molecule has 20 heavy (non-hydrogen) atoms. The Labute approximate surface area is 121 Å². The molecule has 6 heteroatoms. The molecular weight excluding hydrogens is 270 g/mol. The molecule has 2 N–H and O–H groups in total. The lowest BCUT2D eigenvalue weighted by molar-refractivity contribution is 0.797. The zero-order valence-electron chi connectivity index (χ0n) is 11.6. The quantitative estimate of drug-likeness (QED) is 0.786. The van der Waals surface area contributed by atoms with Gasteiger partial charge in [0.15, 0.2) is 0 Å². The molecule has 5 nitrogen and oxygen atoms in total. The Morgan fingerprint density at radius 1 is 1.15 bits per heavy atom. The van der Waals surface area contributed by atoms with Crippen LogP contribution in [-0.2, 0) is 0 Å². The van der Waals surface area contributed by atoms with Crippen molar-refractivity contribution in [3.63, 3.8) is 0 Å². The molecule has 0 spiro atoms. The standard InChI is InChI=1S/C14H15N5S/c1-8-4-5-20-13(8)12-11(15)7-19(18-12)14-16-9(2)6-10(3)17-14/h4-7H,15H2,1-3H3. The molecule has 0 saturated carbocycles. The largest absolute Gasteiger partial charge is 0.396 e. The Bertz CT molecular complexity index is 751. The van der Waals surface area contributed by atoms with E-state index in [1.807, 2.05) is 25.3 Å². The number of nitrogen functional groups attached to an aromatic ring is 1. The lowest BCUT2D eigenvalue weighted by atomic mass is 10.2. The fraction of sp³-hybridized carbons (Fsp3) is 0.214. The van der Waals surface area contributed by atoms with Gasteiger partial charge in [-0.3, -0.25) is 0 Å². The van der Waals surface area contributed by atoms with Gasteiger partial charge in [0.05, 0.1) is 16.8 Å². The summed E-state index contributed by atoms with van der Waals surface area (Å²) in [5.74, 6) is 0.551. The van der Waals surface area contributed by atoms with E-state index in [0.29, 0.717) is 11.6 Å². The van der Waals surface area contributed by atoms with Crippen molar-refractivity contribution in [1.29, 1.82) is 0 Å². The third kappa shape index (κ3) is 2.18. The number of hydrogen-bond donors (Lipinski definition) is 1.